The molecule has 1 aliphatic heterocycles. The van der Waals surface area contributed by atoms with Gasteiger partial charge in [-0.25, -0.2) is 4.39 Å². The van der Waals surface area contributed by atoms with Crippen molar-refractivity contribution in [2.24, 2.45) is 0 Å². The van der Waals surface area contributed by atoms with Gasteiger partial charge in [0.2, 0.25) is 0 Å². The van der Waals surface area contributed by atoms with Crippen molar-refractivity contribution < 1.29 is 9.13 Å². The van der Waals surface area contributed by atoms with Crippen LogP contribution in [0.15, 0.2) is 24.3 Å². The molecule has 0 saturated heterocycles. The molecule has 13 heavy (non-hydrogen) atoms. The Balaban J connectivity index is 2.39. The number of rotatable bonds is 1. The minimum Gasteiger partial charge on any atom is -0.490 e. The molecule has 0 amide bonds. The van der Waals surface area contributed by atoms with Gasteiger partial charge in [0, 0.05) is 11.5 Å². The SMILES string of the molecule is CC[C@@H]1c2ccccc2OC[C@H]1F. The summed E-state index contributed by atoms with van der Waals surface area (Å²) in [5, 5.41) is 0. The fourth-order valence-electron chi connectivity index (χ4n) is 1.87. The molecule has 0 spiro atoms. The number of hydrogen-bond donors (Lipinski definition) is 0. The maximum Gasteiger partial charge on any atom is 0.141 e. The van der Waals surface area contributed by atoms with Gasteiger partial charge in [0.25, 0.3) is 0 Å². The molecule has 0 radical (unpaired) electrons. The summed E-state index contributed by atoms with van der Waals surface area (Å²) in [7, 11) is 0. The lowest BCUT2D eigenvalue weighted by Crippen LogP contribution is -2.26. The molecule has 0 saturated carbocycles. The molecule has 0 aliphatic carbocycles. The van der Waals surface area contributed by atoms with Crippen LogP contribution in [0.1, 0.15) is 24.8 Å². The van der Waals surface area contributed by atoms with Crippen molar-refractivity contribution in [3.63, 3.8) is 0 Å². The predicted molar refractivity (Wildman–Crippen MR) is 49.9 cm³/mol. The molecule has 1 aromatic carbocycles. The number of halogens is 1. The first-order valence-electron chi connectivity index (χ1n) is 4.68. The highest BCUT2D eigenvalue weighted by molar-refractivity contribution is 5.38. The van der Waals surface area contributed by atoms with E-state index >= 15 is 0 Å². The van der Waals surface area contributed by atoms with E-state index in [1.165, 1.54) is 0 Å². The quantitative estimate of drug-likeness (QED) is 0.645. The summed E-state index contributed by atoms with van der Waals surface area (Å²) < 4.78 is 18.7. The second-order valence-electron chi connectivity index (χ2n) is 3.38. The maximum absolute atomic E-state index is 13.4. The molecule has 0 aromatic heterocycles. The number of hydrogen-bond acceptors (Lipinski definition) is 1. The van der Waals surface area contributed by atoms with Crippen LogP contribution in [-0.4, -0.2) is 12.8 Å². The van der Waals surface area contributed by atoms with Crippen LogP contribution in [0, 0.1) is 0 Å². The molecule has 2 heteroatoms. The average Bonchev–Trinajstić information content (AvgIpc) is 2.18. The summed E-state index contributed by atoms with van der Waals surface area (Å²) in [5.41, 5.74) is 1.02. The van der Waals surface area contributed by atoms with Gasteiger partial charge in [0.15, 0.2) is 0 Å². The standard InChI is InChI=1S/C11H13FO/c1-2-8-9-5-3-4-6-11(9)13-7-10(8)12/h3-6,8,10H,2,7H2,1H3/t8-,10-/m1/s1. The number of fused-ring (bicyclic) bond motifs is 1. The zero-order chi connectivity index (χ0) is 9.26. The van der Waals surface area contributed by atoms with E-state index in [1.807, 2.05) is 31.2 Å². The van der Waals surface area contributed by atoms with Crippen molar-refractivity contribution in [2.45, 2.75) is 25.4 Å². The Hall–Kier alpha value is -1.05. The van der Waals surface area contributed by atoms with Crippen LogP contribution in [0.4, 0.5) is 4.39 Å². The molecule has 70 valence electrons. The zero-order valence-electron chi connectivity index (χ0n) is 7.66. The summed E-state index contributed by atoms with van der Waals surface area (Å²) in [5.74, 6) is 0.869. The van der Waals surface area contributed by atoms with Gasteiger partial charge < -0.3 is 4.74 Å². The first-order valence-corrected chi connectivity index (χ1v) is 4.68. The van der Waals surface area contributed by atoms with E-state index in [4.69, 9.17) is 4.74 Å². The van der Waals surface area contributed by atoms with E-state index in [0.29, 0.717) is 0 Å². The number of para-hydroxylation sites is 1. The van der Waals surface area contributed by atoms with Crippen LogP contribution in [-0.2, 0) is 0 Å². The monoisotopic (exact) mass is 180 g/mol. The Labute approximate surface area is 77.5 Å². The molecule has 1 heterocycles. The van der Waals surface area contributed by atoms with Crippen molar-refractivity contribution in [1.29, 1.82) is 0 Å². The summed E-state index contributed by atoms with van der Waals surface area (Å²) in [6.07, 6.45) is -0.0125. The van der Waals surface area contributed by atoms with Gasteiger partial charge >= 0.3 is 0 Å². The Morgan fingerprint density at radius 1 is 1.46 bits per heavy atom. The smallest absolute Gasteiger partial charge is 0.141 e. The second kappa shape index (κ2) is 3.36. The van der Waals surface area contributed by atoms with Gasteiger partial charge in [-0.1, -0.05) is 25.1 Å². The van der Waals surface area contributed by atoms with Crippen LogP contribution in [0.2, 0.25) is 0 Å². The second-order valence-corrected chi connectivity index (χ2v) is 3.38. The zero-order valence-corrected chi connectivity index (χ0v) is 7.66. The van der Waals surface area contributed by atoms with Crippen LogP contribution in [0.5, 0.6) is 5.75 Å². The van der Waals surface area contributed by atoms with Gasteiger partial charge in [-0.15, -0.1) is 0 Å². The number of benzene rings is 1. The molecule has 0 N–H and O–H groups in total. The van der Waals surface area contributed by atoms with Gasteiger partial charge in [-0.05, 0) is 12.5 Å². The first-order chi connectivity index (χ1) is 6.33. The molecule has 1 aliphatic rings. The molecule has 2 rings (SSSR count). The maximum atomic E-state index is 13.4. The van der Waals surface area contributed by atoms with Crippen molar-refractivity contribution in [3.8, 4) is 5.75 Å². The molecular formula is C11H13FO. The molecule has 1 aromatic rings. The topological polar surface area (TPSA) is 9.23 Å². The Kier molecular flexibility index (Phi) is 2.21. The summed E-state index contributed by atoms with van der Waals surface area (Å²) in [6.45, 7) is 2.22. The van der Waals surface area contributed by atoms with Crippen LogP contribution in [0.3, 0.4) is 0 Å². The van der Waals surface area contributed by atoms with Gasteiger partial charge in [0.05, 0.1) is 0 Å². The van der Waals surface area contributed by atoms with Gasteiger partial charge in [0.1, 0.15) is 18.5 Å². The third kappa shape index (κ3) is 1.41. The fourth-order valence-corrected chi connectivity index (χ4v) is 1.87. The molecule has 1 nitrogen and oxygen atoms in total. The van der Waals surface area contributed by atoms with Gasteiger partial charge in [-0.2, -0.15) is 0 Å². The van der Waals surface area contributed by atoms with E-state index in [2.05, 4.69) is 0 Å². The van der Waals surface area contributed by atoms with Crippen molar-refractivity contribution >= 4 is 0 Å². The Bertz CT molecular complexity index is 298. The summed E-state index contributed by atoms with van der Waals surface area (Å²) in [6, 6.07) is 7.71. The van der Waals surface area contributed by atoms with Crippen LogP contribution < -0.4 is 4.74 Å². The summed E-state index contributed by atoms with van der Waals surface area (Å²) >= 11 is 0. The molecule has 0 fully saturated rings. The van der Waals surface area contributed by atoms with Crippen LogP contribution >= 0.6 is 0 Å². The first kappa shape index (κ1) is 8.54. The normalized spacial score (nSPS) is 26.3. The third-order valence-corrected chi connectivity index (χ3v) is 2.59. The minimum atomic E-state index is -0.847. The van der Waals surface area contributed by atoms with Crippen LogP contribution in [0.25, 0.3) is 0 Å². The highest BCUT2D eigenvalue weighted by Crippen LogP contribution is 2.36. The van der Waals surface area contributed by atoms with E-state index in [-0.39, 0.29) is 12.5 Å². The lowest BCUT2D eigenvalue weighted by molar-refractivity contribution is 0.143. The largest absolute Gasteiger partial charge is 0.490 e. The van der Waals surface area contributed by atoms with E-state index in [9.17, 15) is 4.39 Å². The van der Waals surface area contributed by atoms with E-state index in [1.54, 1.807) is 0 Å². The minimum absolute atomic E-state index is 0.0185. The van der Waals surface area contributed by atoms with E-state index < -0.39 is 6.17 Å². The van der Waals surface area contributed by atoms with Gasteiger partial charge in [-0.3, -0.25) is 0 Å². The predicted octanol–water partition coefficient (Wildman–Crippen LogP) is 2.91. The lowest BCUT2D eigenvalue weighted by Gasteiger charge is -2.28. The molecule has 2 atom stereocenters. The molecule has 0 unspecified atom stereocenters. The average molecular weight is 180 g/mol. The lowest BCUT2D eigenvalue weighted by atomic mass is 9.90. The molecule has 0 bridgehead atoms. The number of alkyl halides is 1. The Morgan fingerprint density at radius 3 is 3.00 bits per heavy atom. The Morgan fingerprint density at radius 2 is 2.23 bits per heavy atom. The van der Waals surface area contributed by atoms with Crippen molar-refractivity contribution in [3.05, 3.63) is 29.8 Å². The third-order valence-electron chi connectivity index (χ3n) is 2.59. The van der Waals surface area contributed by atoms with Crippen molar-refractivity contribution in [2.75, 3.05) is 6.61 Å². The van der Waals surface area contributed by atoms with Crippen molar-refractivity contribution in [1.82, 2.24) is 0 Å². The fraction of sp³-hybridized carbons (Fsp3) is 0.455. The number of ether oxygens (including phenoxy) is 1. The van der Waals surface area contributed by atoms with E-state index in [0.717, 1.165) is 17.7 Å². The highest BCUT2D eigenvalue weighted by atomic mass is 19.1. The highest BCUT2D eigenvalue weighted by Gasteiger charge is 2.28. The molecular weight excluding hydrogens is 167 g/mol. The summed E-state index contributed by atoms with van der Waals surface area (Å²) in [4.78, 5) is 0.